The van der Waals surface area contributed by atoms with Crippen LogP contribution in [0.1, 0.15) is 218 Å². The van der Waals surface area contributed by atoms with E-state index in [0.29, 0.717) is 5.92 Å². The molecule has 3 nitrogen and oxygen atoms in total. The van der Waals surface area contributed by atoms with Gasteiger partial charge in [-0.15, -0.1) is 0 Å². The minimum atomic E-state index is -0.543. The van der Waals surface area contributed by atoms with Crippen molar-refractivity contribution in [1.82, 2.24) is 0 Å². The minimum Gasteiger partial charge on any atom is -0.468 e. The molecule has 1 aromatic heterocycles. The van der Waals surface area contributed by atoms with Crippen molar-refractivity contribution in [2.24, 2.45) is 0 Å². The van der Waals surface area contributed by atoms with Gasteiger partial charge >= 0.3 is 0 Å². The normalized spacial score (nSPS) is 24.7. The molecule has 0 saturated heterocycles. The molecule has 1 unspecified atom stereocenters. The largest absolute Gasteiger partial charge is 0.468 e. The number of rotatable bonds is 2. The van der Waals surface area contributed by atoms with E-state index >= 15 is 0 Å². The molecule has 4 heterocycles. The summed E-state index contributed by atoms with van der Waals surface area (Å²) in [5, 5.41) is 1.27. The zero-order valence-corrected chi connectivity index (χ0v) is 47.4. The molecule has 1 atom stereocenters. The topological polar surface area (TPSA) is 19.6 Å². The van der Waals surface area contributed by atoms with Crippen LogP contribution in [-0.2, 0) is 37.9 Å². The highest BCUT2D eigenvalue weighted by molar-refractivity contribution is 14.2. The van der Waals surface area contributed by atoms with Crippen molar-refractivity contribution in [3.05, 3.63) is 126 Å². The van der Waals surface area contributed by atoms with E-state index in [-0.39, 0.29) is 44.6 Å². The Morgan fingerprint density at radius 1 is 0.551 bits per heavy atom. The Bertz CT molecular complexity index is 3210. The van der Waals surface area contributed by atoms with Gasteiger partial charge in [0.2, 0.25) is 0 Å². The summed E-state index contributed by atoms with van der Waals surface area (Å²) >= 11 is -0.543. The van der Waals surface area contributed by atoms with E-state index in [1.54, 1.807) is 0 Å². The first kappa shape index (κ1) is 46.2. The first-order chi connectivity index (χ1) is 32.1. The molecular formula is C64H78BIN2O. The standard InChI is InChI=1S/C64H78BIN2O/c1-36-20-21-58(4,5)43-35-53-41(31-40(36)43)55-56(69-53)65-49-32-46-48(64(16,17)27-25-62(46,12)13)34-51(49)68(50-33-47-44(28-37(50)2)60(8,9)24-26-63(47,14)15)57-54(65)52(29-38(3)66-57)67(55)39-18-19-42-45(30-39)61(10,11)23-22-59(42,6)7/h18-19,28-36H,20-27H2,1-17H3. The molecule has 12 rings (SSSR count). The van der Waals surface area contributed by atoms with Crippen molar-refractivity contribution < 1.29 is 4.42 Å². The maximum Gasteiger partial charge on any atom is 0.297 e. The van der Waals surface area contributed by atoms with Gasteiger partial charge < -0.3 is 14.2 Å². The summed E-state index contributed by atoms with van der Waals surface area (Å²) in [6, 6.07) is 23.4. The SMILES string of the molecule is CC1=IC2=C3B(c4cc5c(cc4N2c2cc4c(cc2C)C(C)(C)CCC4(C)C)C(C)(C)CCC5(C)C)c2oc4cc5c(cc4c2N(c2ccc4c(c2)C(C)(C)CCC4(C)C)C3=C1)C(C)CCC5(C)C. The highest BCUT2D eigenvalue weighted by atomic mass is 127. The molecular weight excluding hydrogens is 950 g/mol. The van der Waals surface area contributed by atoms with Crippen molar-refractivity contribution in [2.45, 2.75) is 213 Å². The Labute approximate surface area is 425 Å². The Morgan fingerprint density at radius 2 is 1.07 bits per heavy atom. The predicted molar refractivity (Wildman–Crippen MR) is 306 cm³/mol. The molecule has 5 heteroatoms. The molecule has 7 aliphatic rings. The maximum absolute atomic E-state index is 7.75. The predicted octanol–water partition coefficient (Wildman–Crippen LogP) is 16.7. The molecule has 360 valence electrons. The van der Waals surface area contributed by atoms with Gasteiger partial charge in [0.05, 0.1) is 15.1 Å². The zero-order valence-electron chi connectivity index (χ0n) is 45.3. The Morgan fingerprint density at radius 3 is 1.68 bits per heavy atom. The van der Waals surface area contributed by atoms with E-state index in [2.05, 4.69) is 188 Å². The second-order valence-corrected chi connectivity index (χ2v) is 31.0. The highest BCUT2D eigenvalue weighted by Gasteiger charge is 2.52. The lowest BCUT2D eigenvalue weighted by Gasteiger charge is -2.48. The summed E-state index contributed by atoms with van der Waals surface area (Å²) in [7, 11) is 0. The lowest BCUT2D eigenvalue weighted by atomic mass is 9.34. The van der Waals surface area contributed by atoms with Gasteiger partial charge in [0.15, 0.2) is 0 Å². The van der Waals surface area contributed by atoms with Crippen molar-refractivity contribution in [3.63, 3.8) is 0 Å². The summed E-state index contributed by atoms with van der Waals surface area (Å²) in [5.74, 6) is 0.500. The van der Waals surface area contributed by atoms with Crippen LogP contribution in [0.2, 0.25) is 0 Å². The number of hydrogen-bond acceptors (Lipinski definition) is 3. The Kier molecular flexibility index (Phi) is 9.68. The van der Waals surface area contributed by atoms with Gasteiger partial charge in [-0.25, -0.2) is 0 Å². The van der Waals surface area contributed by atoms with E-state index in [1.807, 2.05) is 0 Å². The number of furan rings is 1. The molecule has 0 radical (unpaired) electrons. The van der Waals surface area contributed by atoms with Gasteiger partial charge in [-0.05, 0) is 216 Å². The highest BCUT2D eigenvalue weighted by Crippen LogP contribution is 2.58. The van der Waals surface area contributed by atoms with Crippen LogP contribution in [0.3, 0.4) is 0 Å². The number of anilines is 4. The van der Waals surface area contributed by atoms with Gasteiger partial charge in [-0.3, -0.25) is 0 Å². The molecule has 4 aromatic carbocycles. The zero-order chi connectivity index (χ0) is 49.1. The molecule has 0 fully saturated rings. The minimum absolute atomic E-state index is 0.0288. The van der Waals surface area contributed by atoms with Crippen molar-refractivity contribution >= 4 is 75.8 Å². The van der Waals surface area contributed by atoms with Gasteiger partial charge in [0, 0.05) is 28.1 Å². The quantitative estimate of drug-likeness (QED) is 0.0998. The summed E-state index contributed by atoms with van der Waals surface area (Å²) < 4.78 is 10.8. The second-order valence-electron chi connectivity index (χ2n) is 27.8. The fourth-order valence-electron chi connectivity index (χ4n) is 14.5. The molecule has 5 aromatic rings. The summed E-state index contributed by atoms with van der Waals surface area (Å²) in [6.45, 7) is 42.1. The van der Waals surface area contributed by atoms with Crippen molar-refractivity contribution in [2.75, 3.05) is 9.80 Å². The monoisotopic (exact) mass is 1030 g/mol. The fourth-order valence-corrected chi connectivity index (χ4v) is 17.4. The third-order valence-corrected chi connectivity index (χ3v) is 22.4. The Balaban J connectivity index is 1.22. The van der Waals surface area contributed by atoms with E-state index in [4.69, 9.17) is 4.42 Å². The molecule has 3 aliphatic heterocycles. The van der Waals surface area contributed by atoms with Gasteiger partial charge in [-0.2, -0.15) is 0 Å². The number of halogens is 1. The van der Waals surface area contributed by atoms with Crippen LogP contribution in [0.15, 0.2) is 80.0 Å². The number of hydrogen-bond donors (Lipinski definition) is 0. The molecule has 0 N–H and O–H groups in total. The number of allylic oxidation sites excluding steroid dienone is 2. The van der Waals surface area contributed by atoms with Crippen LogP contribution in [0.4, 0.5) is 22.7 Å². The van der Waals surface area contributed by atoms with Crippen LogP contribution in [0.25, 0.3) is 11.0 Å². The number of aryl methyl sites for hydroxylation is 1. The van der Waals surface area contributed by atoms with Gasteiger partial charge in [0.25, 0.3) is 6.71 Å². The average Bonchev–Trinajstić information content (AvgIpc) is 3.64. The van der Waals surface area contributed by atoms with Crippen LogP contribution in [0, 0.1) is 6.92 Å². The van der Waals surface area contributed by atoms with Crippen LogP contribution in [-0.4, -0.2) is 10.2 Å². The van der Waals surface area contributed by atoms with E-state index in [9.17, 15) is 0 Å². The van der Waals surface area contributed by atoms with E-state index in [1.165, 1.54) is 153 Å². The summed E-state index contributed by atoms with van der Waals surface area (Å²) in [4.78, 5) is 5.55. The fraction of sp³-hybridized carbons (Fsp3) is 0.516. The molecule has 69 heavy (non-hydrogen) atoms. The van der Waals surface area contributed by atoms with Crippen molar-refractivity contribution in [3.8, 4) is 0 Å². The third kappa shape index (κ3) is 6.58. The number of nitrogens with zero attached hydrogens (tertiary/aromatic N) is 2. The van der Waals surface area contributed by atoms with Gasteiger partial charge in [0.1, 0.15) is 5.58 Å². The molecule has 0 bridgehead atoms. The summed E-state index contributed by atoms with van der Waals surface area (Å²) in [5.41, 5.74) is 25.8. The van der Waals surface area contributed by atoms with Gasteiger partial charge in [-0.1, -0.05) is 143 Å². The number of benzene rings is 4. The molecule has 0 spiro atoms. The van der Waals surface area contributed by atoms with Crippen LogP contribution in [0.5, 0.6) is 0 Å². The lowest BCUT2D eigenvalue weighted by molar-refractivity contribution is 0.331. The molecule has 0 saturated carbocycles. The third-order valence-electron chi connectivity index (χ3n) is 19.7. The average molecular weight is 1030 g/mol. The van der Waals surface area contributed by atoms with Crippen molar-refractivity contribution in [1.29, 1.82) is 0 Å². The number of fused-ring (bicyclic) bond motifs is 10. The van der Waals surface area contributed by atoms with Crippen LogP contribution < -0.4 is 20.9 Å². The second kappa shape index (κ2) is 14.4. The smallest absolute Gasteiger partial charge is 0.297 e. The summed E-state index contributed by atoms with van der Waals surface area (Å²) in [6.07, 6.45) is 12.2. The Hall–Kier alpha value is -3.84. The van der Waals surface area contributed by atoms with E-state index in [0.717, 1.165) is 11.2 Å². The molecule has 0 amide bonds. The maximum atomic E-state index is 7.75. The first-order valence-corrected chi connectivity index (χ1v) is 28.9. The first-order valence-electron chi connectivity index (χ1n) is 26.8. The lowest BCUT2D eigenvalue weighted by Crippen LogP contribution is -2.56. The molecule has 4 aliphatic carbocycles. The van der Waals surface area contributed by atoms with E-state index < -0.39 is 20.7 Å². The van der Waals surface area contributed by atoms with Crippen LogP contribution >= 0.6 is 20.7 Å².